The molecule has 98 valence electrons. The number of urea groups is 1. The zero-order chi connectivity index (χ0) is 13.8. The Hall–Kier alpha value is -1.56. The second kappa shape index (κ2) is 6.06. The van der Waals surface area contributed by atoms with Gasteiger partial charge in [0, 0.05) is 5.69 Å². The number of imide groups is 1. The van der Waals surface area contributed by atoms with Gasteiger partial charge in [-0.25, -0.2) is 4.79 Å². The standard InChI is InChI=1S/C12H8Cl2N2O2S/c13-8-4-3-7(6-9(8)14)15-12(18)16-11(17)10-2-1-5-19-10/h1-6H,(H2,15,16,17,18). The quantitative estimate of drug-likeness (QED) is 0.879. The van der Waals surface area contributed by atoms with Gasteiger partial charge in [-0.1, -0.05) is 29.3 Å². The van der Waals surface area contributed by atoms with Crippen LogP contribution in [0.4, 0.5) is 10.5 Å². The normalized spacial score (nSPS) is 10.0. The Kier molecular flexibility index (Phi) is 4.42. The molecule has 1 aromatic heterocycles. The molecule has 0 aliphatic carbocycles. The van der Waals surface area contributed by atoms with Crippen LogP contribution in [0.2, 0.25) is 10.0 Å². The van der Waals surface area contributed by atoms with E-state index >= 15 is 0 Å². The first kappa shape index (κ1) is 13.9. The highest BCUT2D eigenvalue weighted by Gasteiger charge is 2.11. The van der Waals surface area contributed by atoms with Crippen molar-refractivity contribution in [3.63, 3.8) is 0 Å². The molecule has 2 rings (SSSR count). The molecule has 19 heavy (non-hydrogen) atoms. The number of hydrogen-bond acceptors (Lipinski definition) is 3. The highest BCUT2D eigenvalue weighted by molar-refractivity contribution is 7.12. The van der Waals surface area contributed by atoms with Crippen molar-refractivity contribution in [1.82, 2.24) is 5.32 Å². The van der Waals surface area contributed by atoms with E-state index in [1.807, 2.05) is 0 Å². The molecule has 0 aliphatic heterocycles. The lowest BCUT2D eigenvalue weighted by molar-refractivity contribution is 0.0971. The predicted molar refractivity (Wildman–Crippen MR) is 77.3 cm³/mol. The molecular weight excluding hydrogens is 307 g/mol. The number of carbonyl (C=O) groups excluding carboxylic acids is 2. The van der Waals surface area contributed by atoms with E-state index < -0.39 is 11.9 Å². The molecule has 2 aromatic rings. The maximum absolute atomic E-state index is 11.6. The molecule has 0 saturated carbocycles. The predicted octanol–water partition coefficient (Wildman–Crippen LogP) is 4.02. The first-order valence-electron chi connectivity index (χ1n) is 5.17. The summed E-state index contributed by atoms with van der Waals surface area (Å²) in [6.45, 7) is 0. The fourth-order valence-electron chi connectivity index (χ4n) is 1.31. The number of anilines is 1. The van der Waals surface area contributed by atoms with E-state index in [0.717, 1.165) is 0 Å². The van der Waals surface area contributed by atoms with Crippen LogP contribution in [0.25, 0.3) is 0 Å². The van der Waals surface area contributed by atoms with Crippen LogP contribution in [0.3, 0.4) is 0 Å². The minimum atomic E-state index is -0.628. The van der Waals surface area contributed by atoms with Gasteiger partial charge in [0.25, 0.3) is 5.91 Å². The third-order valence-corrected chi connectivity index (χ3v) is 3.76. The van der Waals surface area contributed by atoms with Crippen LogP contribution in [0.5, 0.6) is 0 Å². The maximum Gasteiger partial charge on any atom is 0.326 e. The molecular formula is C12H8Cl2N2O2S. The summed E-state index contributed by atoms with van der Waals surface area (Å²) in [4.78, 5) is 23.7. The zero-order valence-corrected chi connectivity index (χ0v) is 11.8. The van der Waals surface area contributed by atoms with Gasteiger partial charge in [-0.2, -0.15) is 0 Å². The highest BCUT2D eigenvalue weighted by atomic mass is 35.5. The molecule has 0 fully saturated rings. The van der Waals surface area contributed by atoms with Crippen molar-refractivity contribution >= 4 is 52.2 Å². The van der Waals surface area contributed by atoms with Crippen LogP contribution >= 0.6 is 34.5 Å². The molecule has 0 spiro atoms. The Bertz CT molecular complexity index is 614. The topological polar surface area (TPSA) is 58.2 Å². The molecule has 0 saturated heterocycles. The Balaban J connectivity index is 1.98. The Morgan fingerprint density at radius 3 is 2.53 bits per heavy atom. The monoisotopic (exact) mass is 314 g/mol. The fourth-order valence-corrected chi connectivity index (χ4v) is 2.23. The Morgan fingerprint density at radius 2 is 1.89 bits per heavy atom. The van der Waals surface area contributed by atoms with Gasteiger partial charge in [-0.3, -0.25) is 10.1 Å². The molecule has 3 amide bonds. The maximum atomic E-state index is 11.6. The second-order valence-electron chi connectivity index (χ2n) is 3.51. The van der Waals surface area contributed by atoms with Crippen molar-refractivity contribution < 1.29 is 9.59 Å². The summed E-state index contributed by atoms with van der Waals surface area (Å²) >= 11 is 12.8. The zero-order valence-electron chi connectivity index (χ0n) is 9.44. The summed E-state index contributed by atoms with van der Waals surface area (Å²) in [6.07, 6.45) is 0. The third-order valence-electron chi connectivity index (χ3n) is 2.15. The van der Waals surface area contributed by atoms with Crippen molar-refractivity contribution in [3.05, 3.63) is 50.6 Å². The van der Waals surface area contributed by atoms with Crippen molar-refractivity contribution in [3.8, 4) is 0 Å². The number of nitrogens with one attached hydrogen (secondary N) is 2. The lowest BCUT2D eigenvalue weighted by atomic mass is 10.3. The smallest absolute Gasteiger partial charge is 0.308 e. The van der Waals surface area contributed by atoms with Gasteiger partial charge >= 0.3 is 6.03 Å². The summed E-state index contributed by atoms with van der Waals surface area (Å²) in [5.74, 6) is -0.451. The molecule has 0 atom stereocenters. The van der Waals surface area contributed by atoms with E-state index in [0.29, 0.717) is 20.6 Å². The minimum Gasteiger partial charge on any atom is -0.308 e. The second-order valence-corrected chi connectivity index (χ2v) is 5.28. The van der Waals surface area contributed by atoms with Gasteiger partial charge in [-0.15, -0.1) is 11.3 Å². The number of thiophene rings is 1. The van der Waals surface area contributed by atoms with Crippen molar-refractivity contribution in [2.75, 3.05) is 5.32 Å². The number of halogens is 2. The number of hydrogen-bond donors (Lipinski definition) is 2. The van der Waals surface area contributed by atoms with E-state index in [1.165, 1.54) is 17.4 Å². The molecule has 7 heteroatoms. The summed E-state index contributed by atoms with van der Waals surface area (Å²) in [7, 11) is 0. The van der Waals surface area contributed by atoms with Crippen LogP contribution in [0.1, 0.15) is 9.67 Å². The molecule has 4 nitrogen and oxygen atoms in total. The summed E-state index contributed by atoms with van der Waals surface area (Å²) in [5.41, 5.74) is 0.450. The van der Waals surface area contributed by atoms with Gasteiger partial charge in [0.2, 0.25) is 0 Å². The molecule has 1 aromatic carbocycles. The number of carbonyl (C=O) groups is 2. The SMILES string of the molecule is O=C(NC(=O)c1cccs1)Nc1ccc(Cl)c(Cl)c1. The summed E-state index contributed by atoms with van der Waals surface area (Å²) in [6, 6.07) is 7.38. The molecule has 0 radical (unpaired) electrons. The van der Waals surface area contributed by atoms with Gasteiger partial charge < -0.3 is 5.32 Å². The van der Waals surface area contributed by atoms with Crippen LogP contribution < -0.4 is 10.6 Å². The van der Waals surface area contributed by atoms with Crippen LogP contribution in [0, 0.1) is 0 Å². The molecule has 0 unspecified atom stereocenters. The van der Waals surface area contributed by atoms with E-state index in [9.17, 15) is 9.59 Å². The summed E-state index contributed by atoms with van der Waals surface area (Å²) in [5, 5.41) is 7.17. The Labute approximate surface area is 123 Å². The molecule has 1 heterocycles. The van der Waals surface area contributed by atoms with E-state index in [-0.39, 0.29) is 0 Å². The van der Waals surface area contributed by atoms with Crippen LogP contribution in [-0.4, -0.2) is 11.9 Å². The van der Waals surface area contributed by atoms with Gasteiger partial charge in [0.1, 0.15) is 0 Å². The first-order chi connectivity index (χ1) is 9.06. The Morgan fingerprint density at radius 1 is 1.11 bits per heavy atom. The van der Waals surface area contributed by atoms with Crippen molar-refractivity contribution in [2.45, 2.75) is 0 Å². The minimum absolute atomic E-state index is 0.323. The molecule has 0 bridgehead atoms. The largest absolute Gasteiger partial charge is 0.326 e. The lowest BCUT2D eigenvalue weighted by Gasteiger charge is -2.06. The average Bonchev–Trinajstić information content (AvgIpc) is 2.87. The highest BCUT2D eigenvalue weighted by Crippen LogP contribution is 2.24. The fraction of sp³-hybridized carbons (Fsp3) is 0. The summed E-state index contributed by atoms with van der Waals surface area (Å²) < 4.78 is 0. The number of rotatable bonds is 2. The van der Waals surface area contributed by atoms with Gasteiger partial charge in [0.05, 0.1) is 14.9 Å². The third kappa shape index (κ3) is 3.70. The van der Waals surface area contributed by atoms with Gasteiger partial charge in [0.15, 0.2) is 0 Å². The first-order valence-corrected chi connectivity index (χ1v) is 6.80. The number of amides is 3. The molecule has 0 aliphatic rings. The van der Waals surface area contributed by atoms with Crippen LogP contribution in [0.15, 0.2) is 35.7 Å². The van der Waals surface area contributed by atoms with Gasteiger partial charge in [-0.05, 0) is 29.6 Å². The van der Waals surface area contributed by atoms with E-state index in [1.54, 1.807) is 29.6 Å². The van der Waals surface area contributed by atoms with Crippen LogP contribution in [-0.2, 0) is 0 Å². The van der Waals surface area contributed by atoms with E-state index in [2.05, 4.69) is 10.6 Å². The van der Waals surface area contributed by atoms with Crippen molar-refractivity contribution in [2.24, 2.45) is 0 Å². The van der Waals surface area contributed by atoms with E-state index in [4.69, 9.17) is 23.2 Å². The lowest BCUT2D eigenvalue weighted by Crippen LogP contribution is -2.33. The average molecular weight is 315 g/mol. The molecule has 2 N–H and O–H groups in total. The van der Waals surface area contributed by atoms with Crippen molar-refractivity contribution in [1.29, 1.82) is 0 Å². The number of benzene rings is 1.